The minimum Gasteiger partial charge on any atom is -0.487 e. The molecule has 1 aliphatic heterocycles. The highest BCUT2D eigenvalue weighted by Crippen LogP contribution is 2.42. The van der Waals surface area contributed by atoms with Crippen molar-refractivity contribution in [1.82, 2.24) is 4.98 Å². The van der Waals surface area contributed by atoms with Gasteiger partial charge in [-0.3, -0.25) is 9.88 Å². The molecule has 1 spiro atoms. The maximum Gasteiger partial charge on any atom is 0.220 e. The van der Waals surface area contributed by atoms with E-state index in [2.05, 4.69) is 9.98 Å². The zero-order chi connectivity index (χ0) is 18.7. The molecule has 1 aromatic carbocycles. The maximum atomic E-state index is 6.33. The lowest BCUT2D eigenvalue weighted by molar-refractivity contribution is 0.289. The molecule has 4 N–H and O–H groups in total. The van der Waals surface area contributed by atoms with Crippen LogP contribution in [0.5, 0.6) is 5.75 Å². The number of pyridine rings is 1. The predicted octanol–water partition coefficient (Wildman–Crippen LogP) is 2.77. The number of rotatable bonds is 4. The van der Waals surface area contributed by atoms with Crippen LogP contribution in [0.25, 0.3) is 0 Å². The number of guanidine groups is 2. The summed E-state index contributed by atoms with van der Waals surface area (Å²) in [6.07, 6.45) is 8.69. The van der Waals surface area contributed by atoms with Crippen LogP contribution in [0.3, 0.4) is 0 Å². The van der Waals surface area contributed by atoms with Crippen molar-refractivity contribution in [2.75, 3.05) is 4.90 Å². The van der Waals surface area contributed by atoms with Gasteiger partial charge in [-0.1, -0.05) is 24.6 Å². The van der Waals surface area contributed by atoms with Crippen molar-refractivity contribution in [1.29, 1.82) is 0 Å². The number of nitrogens with zero attached hydrogens (tertiary/aromatic N) is 4. The summed E-state index contributed by atoms with van der Waals surface area (Å²) in [5, 5.41) is 0. The van der Waals surface area contributed by atoms with Gasteiger partial charge in [0.2, 0.25) is 11.9 Å². The Balaban J connectivity index is 1.68. The Hall–Kier alpha value is -3.09. The summed E-state index contributed by atoms with van der Waals surface area (Å²) < 4.78 is 6.11. The molecule has 0 atom stereocenters. The fourth-order valence-corrected chi connectivity index (χ4v) is 3.88. The van der Waals surface area contributed by atoms with E-state index in [4.69, 9.17) is 21.2 Å². The molecule has 7 nitrogen and oxygen atoms in total. The lowest BCUT2D eigenvalue weighted by Gasteiger charge is -2.45. The van der Waals surface area contributed by atoms with E-state index in [1.807, 2.05) is 41.3 Å². The van der Waals surface area contributed by atoms with E-state index < -0.39 is 5.66 Å². The third kappa shape index (κ3) is 3.45. The molecule has 0 amide bonds. The van der Waals surface area contributed by atoms with Gasteiger partial charge in [-0.25, -0.2) is 4.99 Å². The Bertz CT molecular complexity index is 858. The summed E-state index contributed by atoms with van der Waals surface area (Å²) >= 11 is 0. The minimum atomic E-state index is -0.484. The first-order chi connectivity index (χ1) is 13.2. The Labute approximate surface area is 158 Å². The third-order valence-corrected chi connectivity index (χ3v) is 5.07. The normalized spacial score (nSPS) is 18.7. The van der Waals surface area contributed by atoms with E-state index in [0.717, 1.165) is 42.7 Å². The molecular weight excluding hydrogens is 340 g/mol. The van der Waals surface area contributed by atoms with E-state index in [0.29, 0.717) is 12.6 Å². The van der Waals surface area contributed by atoms with Crippen LogP contribution in [-0.4, -0.2) is 22.6 Å². The molecule has 2 aliphatic rings. The Morgan fingerprint density at radius 2 is 1.85 bits per heavy atom. The highest BCUT2D eigenvalue weighted by molar-refractivity contribution is 6.06. The topological polar surface area (TPSA) is 102 Å². The smallest absolute Gasteiger partial charge is 0.220 e. The van der Waals surface area contributed by atoms with Crippen molar-refractivity contribution in [3.63, 3.8) is 0 Å². The van der Waals surface area contributed by atoms with E-state index in [-0.39, 0.29) is 5.96 Å². The summed E-state index contributed by atoms with van der Waals surface area (Å²) in [5.41, 5.74) is 13.7. The Morgan fingerprint density at radius 1 is 1.04 bits per heavy atom. The molecule has 7 heteroatoms. The van der Waals surface area contributed by atoms with Crippen LogP contribution in [0, 0.1) is 0 Å². The first kappa shape index (κ1) is 17.3. The highest BCUT2D eigenvalue weighted by atomic mass is 16.5. The SMILES string of the molecule is NC1=NC2(CCCCC2)N(c2ccccc2OCc2cccnc2)C(N)=N1. The van der Waals surface area contributed by atoms with Crippen molar-refractivity contribution in [2.24, 2.45) is 21.5 Å². The van der Waals surface area contributed by atoms with Crippen LogP contribution in [0.4, 0.5) is 5.69 Å². The van der Waals surface area contributed by atoms with Crippen LogP contribution in [0.15, 0.2) is 58.8 Å². The Kier molecular flexibility index (Phi) is 4.66. The second-order valence-electron chi connectivity index (χ2n) is 6.94. The molecule has 0 bridgehead atoms. The van der Waals surface area contributed by atoms with Gasteiger partial charge in [0, 0.05) is 18.0 Å². The molecular formula is C20H24N6O. The number of ether oxygens (including phenoxy) is 1. The number of benzene rings is 1. The lowest BCUT2D eigenvalue weighted by Crippen LogP contribution is -2.58. The van der Waals surface area contributed by atoms with Crippen LogP contribution >= 0.6 is 0 Å². The molecule has 1 fully saturated rings. The minimum absolute atomic E-state index is 0.249. The zero-order valence-electron chi connectivity index (χ0n) is 15.2. The molecule has 1 aromatic heterocycles. The second kappa shape index (κ2) is 7.26. The Morgan fingerprint density at radius 3 is 2.63 bits per heavy atom. The number of hydrogen-bond acceptors (Lipinski definition) is 7. The molecule has 4 rings (SSSR count). The van der Waals surface area contributed by atoms with Crippen molar-refractivity contribution in [3.05, 3.63) is 54.4 Å². The maximum absolute atomic E-state index is 6.33. The average molecular weight is 364 g/mol. The van der Waals surface area contributed by atoms with Gasteiger partial charge in [0.15, 0.2) is 0 Å². The van der Waals surface area contributed by atoms with E-state index in [1.54, 1.807) is 12.4 Å². The summed E-state index contributed by atoms with van der Waals surface area (Å²) in [4.78, 5) is 15.1. The molecule has 27 heavy (non-hydrogen) atoms. The van der Waals surface area contributed by atoms with Gasteiger partial charge in [-0.05, 0) is 43.9 Å². The molecule has 2 heterocycles. The molecule has 0 radical (unpaired) electrons. The number of aliphatic imine (C=N–C) groups is 2. The van der Waals surface area contributed by atoms with Crippen molar-refractivity contribution in [2.45, 2.75) is 44.4 Å². The monoisotopic (exact) mass is 364 g/mol. The average Bonchev–Trinajstić information content (AvgIpc) is 2.68. The van der Waals surface area contributed by atoms with Gasteiger partial charge in [0.1, 0.15) is 18.0 Å². The van der Waals surface area contributed by atoms with Crippen molar-refractivity contribution < 1.29 is 4.74 Å². The largest absolute Gasteiger partial charge is 0.487 e. The van der Waals surface area contributed by atoms with Gasteiger partial charge in [0.25, 0.3) is 0 Å². The van der Waals surface area contributed by atoms with Gasteiger partial charge in [-0.15, -0.1) is 0 Å². The highest BCUT2D eigenvalue weighted by Gasteiger charge is 2.43. The van der Waals surface area contributed by atoms with Gasteiger partial charge in [0.05, 0.1) is 5.69 Å². The second-order valence-corrected chi connectivity index (χ2v) is 6.94. The number of nitrogens with two attached hydrogens (primary N) is 2. The number of para-hydroxylation sites is 2. The number of hydrogen-bond donors (Lipinski definition) is 2. The molecule has 0 unspecified atom stereocenters. The van der Waals surface area contributed by atoms with Crippen LogP contribution in [0.2, 0.25) is 0 Å². The lowest BCUT2D eigenvalue weighted by atomic mass is 9.87. The fraction of sp³-hybridized carbons (Fsp3) is 0.350. The summed E-state index contributed by atoms with van der Waals surface area (Å²) in [6, 6.07) is 11.7. The predicted molar refractivity (Wildman–Crippen MR) is 107 cm³/mol. The standard InChI is InChI=1S/C20H24N6O/c21-18-24-19(22)26(20(25-18)10-4-1-5-11-20)16-8-2-3-9-17(16)27-14-15-7-6-12-23-13-15/h2-3,6-9,12-13H,1,4-5,10-11,14H2,(H4,21,22,24,25). The summed E-state index contributed by atoms with van der Waals surface area (Å²) in [5.74, 6) is 1.35. The molecule has 1 aliphatic carbocycles. The van der Waals surface area contributed by atoms with Crippen LogP contribution in [0.1, 0.15) is 37.7 Å². The van der Waals surface area contributed by atoms with Gasteiger partial charge < -0.3 is 16.2 Å². The van der Waals surface area contributed by atoms with Crippen molar-refractivity contribution in [3.8, 4) is 5.75 Å². The van der Waals surface area contributed by atoms with Crippen molar-refractivity contribution >= 4 is 17.6 Å². The van der Waals surface area contributed by atoms with Crippen LogP contribution < -0.4 is 21.1 Å². The first-order valence-electron chi connectivity index (χ1n) is 9.28. The van der Waals surface area contributed by atoms with E-state index in [1.165, 1.54) is 6.42 Å². The molecule has 0 saturated heterocycles. The van der Waals surface area contributed by atoms with E-state index in [9.17, 15) is 0 Å². The third-order valence-electron chi connectivity index (χ3n) is 5.07. The molecule has 140 valence electrons. The zero-order valence-corrected chi connectivity index (χ0v) is 15.2. The molecule has 2 aromatic rings. The fourth-order valence-electron chi connectivity index (χ4n) is 3.88. The quantitative estimate of drug-likeness (QED) is 0.868. The summed E-state index contributed by atoms with van der Waals surface area (Å²) in [7, 11) is 0. The van der Waals surface area contributed by atoms with Gasteiger partial charge in [-0.2, -0.15) is 4.99 Å². The number of aromatic nitrogens is 1. The number of anilines is 1. The molecule has 1 saturated carbocycles. The summed E-state index contributed by atoms with van der Waals surface area (Å²) in [6.45, 7) is 0.425. The van der Waals surface area contributed by atoms with Crippen LogP contribution in [-0.2, 0) is 6.61 Å². The first-order valence-corrected chi connectivity index (χ1v) is 9.28. The van der Waals surface area contributed by atoms with Gasteiger partial charge >= 0.3 is 0 Å². The van der Waals surface area contributed by atoms with E-state index >= 15 is 0 Å².